The van der Waals surface area contributed by atoms with E-state index in [-0.39, 0.29) is 36.1 Å². The minimum atomic E-state index is -0.396. The van der Waals surface area contributed by atoms with E-state index in [1.165, 1.54) is 6.07 Å². The van der Waals surface area contributed by atoms with Crippen LogP contribution >= 0.6 is 0 Å². The van der Waals surface area contributed by atoms with Crippen molar-refractivity contribution < 1.29 is 19.2 Å². The Kier molecular flexibility index (Phi) is 7.15. The maximum absolute atomic E-state index is 12.2. The number of carbonyl (C=O) groups excluding carboxylic acids is 2. The number of hydrogen-bond donors (Lipinski definition) is 1. The number of piperidine rings is 1. The molecule has 1 aliphatic rings. The second kappa shape index (κ2) is 9.34. The van der Waals surface area contributed by atoms with E-state index in [1.54, 1.807) is 18.2 Å². The molecule has 27 heavy (non-hydrogen) atoms. The average molecular weight is 377 g/mol. The van der Waals surface area contributed by atoms with Crippen molar-refractivity contribution in [1.29, 1.82) is 0 Å². The summed E-state index contributed by atoms with van der Waals surface area (Å²) >= 11 is 0. The second-order valence-corrected chi connectivity index (χ2v) is 7.22. The van der Waals surface area contributed by atoms with Crippen LogP contribution in [0, 0.1) is 22.0 Å². The number of nitro groups is 1. The van der Waals surface area contributed by atoms with Crippen LogP contribution in [0.4, 0.5) is 11.4 Å². The van der Waals surface area contributed by atoms with Crippen LogP contribution in [0.2, 0.25) is 0 Å². The molecule has 0 aromatic heterocycles. The highest BCUT2D eigenvalue weighted by Gasteiger charge is 2.29. The number of nitrogens with one attached hydrogen (secondary N) is 1. The molecule has 0 aliphatic carbocycles. The zero-order valence-corrected chi connectivity index (χ0v) is 16.0. The van der Waals surface area contributed by atoms with Crippen LogP contribution in [-0.4, -0.2) is 42.5 Å². The maximum atomic E-state index is 12.2. The van der Waals surface area contributed by atoms with Gasteiger partial charge in [0.2, 0.25) is 0 Å². The van der Waals surface area contributed by atoms with Crippen LogP contribution < -0.4 is 10.2 Å². The van der Waals surface area contributed by atoms with Crippen molar-refractivity contribution in [3.63, 3.8) is 0 Å². The molecule has 0 saturated carbocycles. The zero-order valence-electron chi connectivity index (χ0n) is 16.0. The van der Waals surface area contributed by atoms with Crippen molar-refractivity contribution in [3.05, 3.63) is 34.4 Å². The smallest absolute Gasteiger partial charge is 0.309 e. The summed E-state index contributed by atoms with van der Waals surface area (Å²) in [6, 6.07) is 6.61. The van der Waals surface area contributed by atoms with Crippen LogP contribution in [0.1, 0.15) is 33.6 Å². The van der Waals surface area contributed by atoms with Gasteiger partial charge in [-0.3, -0.25) is 19.7 Å². The van der Waals surface area contributed by atoms with Gasteiger partial charge in [-0.25, -0.2) is 0 Å². The van der Waals surface area contributed by atoms with Gasteiger partial charge in [0.25, 0.3) is 11.6 Å². The van der Waals surface area contributed by atoms with Gasteiger partial charge >= 0.3 is 5.97 Å². The predicted octanol–water partition coefficient (Wildman–Crippen LogP) is 2.52. The van der Waals surface area contributed by atoms with Gasteiger partial charge in [-0.15, -0.1) is 0 Å². The second-order valence-electron chi connectivity index (χ2n) is 7.22. The first-order valence-electron chi connectivity index (χ1n) is 9.24. The number of benzene rings is 1. The van der Waals surface area contributed by atoms with Crippen LogP contribution in [0.3, 0.4) is 0 Å². The monoisotopic (exact) mass is 377 g/mol. The van der Waals surface area contributed by atoms with Crippen LogP contribution in [0.15, 0.2) is 24.3 Å². The van der Waals surface area contributed by atoms with Crippen LogP contribution in [-0.2, 0) is 14.3 Å². The first-order valence-corrected chi connectivity index (χ1v) is 9.24. The van der Waals surface area contributed by atoms with Crippen molar-refractivity contribution >= 4 is 23.3 Å². The molecule has 1 N–H and O–H groups in total. The molecular weight excluding hydrogens is 350 g/mol. The Balaban J connectivity index is 1.83. The van der Waals surface area contributed by atoms with E-state index in [0.717, 1.165) is 0 Å². The van der Waals surface area contributed by atoms with Crippen molar-refractivity contribution in [3.8, 4) is 0 Å². The topological polar surface area (TPSA) is 102 Å². The fourth-order valence-electron chi connectivity index (χ4n) is 2.96. The van der Waals surface area contributed by atoms with E-state index in [1.807, 2.05) is 25.7 Å². The van der Waals surface area contributed by atoms with E-state index in [2.05, 4.69) is 5.32 Å². The number of ether oxygens (including phenoxy) is 1. The van der Waals surface area contributed by atoms with E-state index >= 15 is 0 Å². The lowest BCUT2D eigenvalue weighted by Gasteiger charge is -2.32. The zero-order chi connectivity index (χ0) is 20.0. The number of esters is 1. The van der Waals surface area contributed by atoms with Crippen molar-refractivity contribution in [1.82, 2.24) is 5.32 Å². The Morgan fingerprint density at radius 2 is 1.89 bits per heavy atom. The molecule has 8 heteroatoms. The number of amides is 1. The largest absolute Gasteiger partial charge is 0.455 e. The fourth-order valence-corrected chi connectivity index (χ4v) is 2.96. The molecule has 0 unspecified atom stereocenters. The van der Waals surface area contributed by atoms with Gasteiger partial charge in [-0.2, -0.15) is 0 Å². The van der Waals surface area contributed by atoms with Crippen LogP contribution in [0.25, 0.3) is 0 Å². The molecule has 1 heterocycles. The summed E-state index contributed by atoms with van der Waals surface area (Å²) in [6.45, 7) is 6.69. The van der Waals surface area contributed by atoms with E-state index in [0.29, 0.717) is 37.5 Å². The third-order valence-electron chi connectivity index (χ3n) is 4.98. The molecular formula is C19H27N3O5. The minimum absolute atomic E-state index is 0.0149. The summed E-state index contributed by atoms with van der Waals surface area (Å²) in [5.41, 5.74) is 0.630. The van der Waals surface area contributed by atoms with E-state index < -0.39 is 4.92 Å². The first-order chi connectivity index (χ1) is 12.8. The molecule has 0 radical (unpaired) electrons. The van der Waals surface area contributed by atoms with E-state index in [4.69, 9.17) is 4.74 Å². The number of rotatable bonds is 7. The number of nitro benzene ring substituents is 1. The molecule has 1 fully saturated rings. The fraction of sp³-hybridized carbons (Fsp3) is 0.579. The molecule has 1 atom stereocenters. The number of carbonyl (C=O) groups is 2. The predicted molar refractivity (Wildman–Crippen MR) is 101 cm³/mol. The van der Waals surface area contributed by atoms with Gasteiger partial charge in [-0.1, -0.05) is 26.0 Å². The summed E-state index contributed by atoms with van der Waals surface area (Å²) in [6.07, 6.45) is 1.07. The molecule has 2 rings (SSSR count). The molecule has 1 aromatic carbocycles. The van der Waals surface area contributed by atoms with Gasteiger partial charge in [0.05, 0.1) is 10.8 Å². The Bertz CT molecular complexity index is 684. The molecule has 1 aliphatic heterocycles. The van der Waals surface area contributed by atoms with Gasteiger partial charge in [0.15, 0.2) is 6.61 Å². The molecule has 1 saturated heterocycles. The summed E-state index contributed by atoms with van der Waals surface area (Å²) in [5, 5.41) is 14.0. The molecule has 8 nitrogen and oxygen atoms in total. The normalized spacial score (nSPS) is 16.1. The Morgan fingerprint density at radius 3 is 2.48 bits per heavy atom. The summed E-state index contributed by atoms with van der Waals surface area (Å²) < 4.78 is 5.15. The maximum Gasteiger partial charge on any atom is 0.309 e. The Hall–Kier alpha value is -2.64. The van der Waals surface area contributed by atoms with E-state index in [9.17, 15) is 19.7 Å². The Labute approximate surface area is 159 Å². The lowest BCUT2D eigenvalue weighted by atomic mass is 9.96. The molecule has 0 spiro atoms. The van der Waals surface area contributed by atoms with Crippen molar-refractivity contribution in [2.24, 2.45) is 11.8 Å². The van der Waals surface area contributed by atoms with Gasteiger partial charge in [-0.05, 0) is 31.7 Å². The van der Waals surface area contributed by atoms with Crippen molar-refractivity contribution in [2.75, 3.05) is 24.6 Å². The lowest BCUT2D eigenvalue weighted by Crippen LogP contribution is -2.40. The third kappa shape index (κ3) is 5.67. The van der Waals surface area contributed by atoms with Gasteiger partial charge in [0.1, 0.15) is 5.69 Å². The molecule has 148 valence electrons. The summed E-state index contributed by atoms with van der Waals surface area (Å²) in [5.74, 6) is -0.679. The molecule has 1 amide bonds. The summed E-state index contributed by atoms with van der Waals surface area (Å²) in [7, 11) is 0. The number of para-hydroxylation sites is 2. The lowest BCUT2D eigenvalue weighted by molar-refractivity contribution is -0.384. The standard InChI is InChI=1S/C19H27N3O5/c1-13(2)14(3)20-18(23)12-27-19(24)15-8-10-21(11-9-15)16-6-4-5-7-17(16)22(25)26/h4-7,13-15H,8-12H2,1-3H3,(H,20,23)/t14-/m1/s1. The van der Waals surface area contributed by atoms with Crippen LogP contribution in [0.5, 0.6) is 0 Å². The number of nitrogens with zero attached hydrogens (tertiary/aromatic N) is 2. The van der Waals surface area contributed by atoms with Gasteiger partial charge in [0, 0.05) is 25.2 Å². The highest BCUT2D eigenvalue weighted by molar-refractivity contribution is 5.81. The number of anilines is 1. The van der Waals surface area contributed by atoms with Crippen molar-refractivity contribution in [2.45, 2.75) is 39.7 Å². The Morgan fingerprint density at radius 1 is 1.26 bits per heavy atom. The van der Waals surface area contributed by atoms with Gasteiger partial charge < -0.3 is 15.0 Å². The molecule has 1 aromatic rings. The summed E-state index contributed by atoms with van der Waals surface area (Å²) in [4.78, 5) is 36.7. The number of hydrogen-bond acceptors (Lipinski definition) is 6. The third-order valence-corrected chi connectivity index (χ3v) is 4.98. The SMILES string of the molecule is CC(C)[C@@H](C)NC(=O)COC(=O)C1CCN(c2ccccc2[N+](=O)[O-])CC1. The highest BCUT2D eigenvalue weighted by Crippen LogP contribution is 2.31. The average Bonchev–Trinajstić information content (AvgIpc) is 2.66. The first kappa shape index (κ1) is 20.7. The molecule has 0 bridgehead atoms. The highest BCUT2D eigenvalue weighted by atomic mass is 16.6. The minimum Gasteiger partial charge on any atom is -0.455 e. The quantitative estimate of drug-likeness (QED) is 0.445.